The van der Waals surface area contributed by atoms with Crippen molar-refractivity contribution in [3.05, 3.63) is 12.4 Å². The molecule has 0 aliphatic heterocycles. The van der Waals surface area contributed by atoms with E-state index in [4.69, 9.17) is 9.47 Å². The van der Waals surface area contributed by atoms with Crippen LogP contribution in [0.1, 0.15) is 0 Å². The number of hydrogen-bond acceptors (Lipinski definition) is 10. The molecule has 0 saturated carbocycles. The van der Waals surface area contributed by atoms with Crippen molar-refractivity contribution < 1.29 is 9.47 Å². The summed E-state index contributed by atoms with van der Waals surface area (Å²) < 4.78 is 14.4. The minimum Gasteiger partial charge on any atom is -0.480 e. The van der Waals surface area contributed by atoms with Crippen LogP contribution in [0.3, 0.4) is 0 Å². The first-order valence-electron chi connectivity index (χ1n) is 8.31. The average Bonchev–Trinajstić information content (AvgIpc) is 3.34. The van der Waals surface area contributed by atoms with Gasteiger partial charge in [-0.05, 0) is 12.5 Å². The van der Waals surface area contributed by atoms with Crippen LogP contribution in [-0.4, -0.2) is 66.2 Å². The van der Waals surface area contributed by atoms with E-state index in [0.29, 0.717) is 35.2 Å². The summed E-state index contributed by atoms with van der Waals surface area (Å²) in [5.41, 5.74) is 1.45. The Balaban J connectivity index is 1.68. The molecule has 0 amide bonds. The van der Waals surface area contributed by atoms with E-state index in [2.05, 4.69) is 30.1 Å². The first-order valence-corrected chi connectivity index (χ1v) is 10.8. The summed E-state index contributed by atoms with van der Waals surface area (Å²) in [6.45, 7) is 1.13. The van der Waals surface area contributed by atoms with Crippen LogP contribution in [0.5, 0.6) is 11.8 Å². The molecule has 146 valence electrons. The highest BCUT2D eigenvalue weighted by atomic mass is 32.2. The van der Waals surface area contributed by atoms with E-state index in [1.807, 2.05) is 21.9 Å². The highest BCUT2D eigenvalue weighted by Crippen LogP contribution is 2.26. The quantitative estimate of drug-likeness (QED) is 0.327. The van der Waals surface area contributed by atoms with Crippen LogP contribution in [-0.2, 0) is 13.1 Å². The van der Waals surface area contributed by atoms with E-state index < -0.39 is 0 Å². The fourth-order valence-corrected chi connectivity index (χ4v) is 3.54. The van der Waals surface area contributed by atoms with Crippen molar-refractivity contribution in [2.75, 3.05) is 26.7 Å². The predicted octanol–water partition coefficient (Wildman–Crippen LogP) is 2.13. The van der Waals surface area contributed by atoms with Gasteiger partial charge in [0.1, 0.15) is 10.8 Å². The Labute approximate surface area is 169 Å². The summed E-state index contributed by atoms with van der Waals surface area (Å²) in [4.78, 5) is 17.9. The van der Waals surface area contributed by atoms with Crippen LogP contribution < -0.4 is 9.47 Å². The largest absolute Gasteiger partial charge is 0.480 e. The maximum atomic E-state index is 5.37. The van der Waals surface area contributed by atoms with Crippen LogP contribution in [0.2, 0.25) is 0 Å². The Hall–Kier alpha value is -2.60. The van der Waals surface area contributed by atoms with Gasteiger partial charge in [-0.2, -0.15) is 20.2 Å². The Morgan fingerprint density at radius 2 is 1.18 bits per heavy atom. The van der Waals surface area contributed by atoms with Crippen LogP contribution in [0.15, 0.2) is 22.7 Å². The standard InChI is InChI=1S/C16H18N8O2S2/c1-25-13-9-7-17-23(11(9)19-15(21-13)27-3)5-6-24-12-10(8-18-24)14(26-2)22-16(20-12)28-4/h7-8H,5-6H2,1-4H3. The third-order valence-corrected chi connectivity index (χ3v) is 5.25. The van der Waals surface area contributed by atoms with Crippen molar-refractivity contribution in [2.45, 2.75) is 23.4 Å². The third kappa shape index (κ3) is 3.22. The third-order valence-electron chi connectivity index (χ3n) is 4.16. The lowest BCUT2D eigenvalue weighted by Gasteiger charge is -2.07. The number of hydrogen-bond donors (Lipinski definition) is 0. The summed E-state index contributed by atoms with van der Waals surface area (Å²) in [6, 6.07) is 0. The molecule has 4 aromatic heterocycles. The number of nitrogens with zero attached hydrogens (tertiary/aromatic N) is 8. The van der Waals surface area contributed by atoms with Gasteiger partial charge < -0.3 is 9.47 Å². The zero-order valence-corrected chi connectivity index (χ0v) is 17.4. The topological polar surface area (TPSA) is 106 Å². The molecule has 4 aromatic rings. The lowest BCUT2D eigenvalue weighted by atomic mass is 10.4. The van der Waals surface area contributed by atoms with Gasteiger partial charge in [0.2, 0.25) is 11.8 Å². The van der Waals surface area contributed by atoms with Crippen molar-refractivity contribution in [2.24, 2.45) is 0 Å². The van der Waals surface area contributed by atoms with E-state index in [1.54, 1.807) is 26.6 Å². The smallest absolute Gasteiger partial charge is 0.228 e. The summed E-state index contributed by atoms with van der Waals surface area (Å²) in [5.74, 6) is 1.04. The van der Waals surface area contributed by atoms with Crippen molar-refractivity contribution >= 4 is 45.6 Å². The average molecular weight is 419 g/mol. The molecule has 0 fully saturated rings. The molecular weight excluding hydrogens is 400 g/mol. The molecule has 12 heteroatoms. The fraction of sp³-hybridized carbons (Fsp3) is 0.375. The molecule has 10 nitrogen and oxygen atoms in total. The molecule has 0 aliphatic carbocycles. The molecule has 0 radical (unpaired) electrons. The van der Waals surface area contributed by atoms with Gasteiger partial charge in [0.25, 0.3) is 0 Å². The number of ether oxygens (including phenoxy) is 2. The molecule has 4 heterocycles. The molecule has 0 aliphatic rings. The van der Waals surface area contributed by atoms with Gasteiger partial charge in [-0.3, -0.25) is 0 Å². The molecule has 0 spiro atoms. The highest BCUT2D eigenvalue weighted by molar-refractivity contribution is 7.98. The summed E-state index contributed by atoms with van der Waals surface area (Å²) in [6.07, 6.45) is 7.29. The number of aromatic nitrogens is 8. The minimum absolute atomic E-state index is 0.521. The van der Waals surface area contributed by atoms with Crippen LogP contribution in [0.4, 0.5) is 0 Å². The maximum absolute atomic E-state index is 5.37. The van der Waals surface area contributed by atoms with Gasteiger partial charge >= 0.3 is 0 Å². The SMILES string of the molecule is COc1nc(SC)nc2c1cnn2CCn1ncc2c(OC)nc(SC)nc21. The summed E-state index contributed by atoms with van der Waals surface area (Å²) in [7, 11) is 3.19. The van der Waals surface area contributed by atoms with Crippen molar-refractivity contribution in [1.82, 2.24) is 39.5 Å². The number of thioether (sulfide) groups is 2. The number of rotatable bonds is 7. The summed E-state index contributed by atoms with van der Waals surface area (Å²) in [5, 5.41) is 11.7. The van der Waals surface area contributed by atoms with Gasteiger partial charge in [0.05, 0.1) is 39.7 Å². The zero-order chi connectivity index (χ0) is 19.7. The lowest BCUT2D eigenvalue weighted by molar-refractivity contribution is 0.398. The molecule has 28 heavy (non-hydrogen) atoms. The molecule has 0 saturated heterocycles. The van der Waals surface area contributed by atoms with Crippen molar-refractivity contribution in [3.8, 4) is 11.8 Å². The minimum atomic E-state index is 0.521. The van der Waals surface area contributed by atoms with E-state index in [1.165, 1.54) is 23.5 Å². The van der Waals surface area contributed by atoms with Gasteiger partial charge in [-0.15, -0.1) is 0 Å². The molecule has 0 N–H and O–H groups in total. The monoisotopic (exact) mass is 418 g/mol. The van der Waals surface area contributed by atoms with Crippen LogP contribution >= 0.6 is 23.5 Å². The first kappa shape index (κ1) is 18.7. The second-order valence-electron chi connectivity index (χ2n) is 5.65. The second kappa shape index (κ2) is 7.80. The normalized spacial score (nSPS) is 11.4. The number of methoxy groups -OCH3 is 2. The van der Waals surface area contributed by atoms with Gasteiger partial charge in [0.15, 0.2) is 21.6 Å². The molecule has 0 aromatic carbocycles. The van der Waals surface area contributed by atoms with E-state index in [9.17, 15) is 0 Å². The number of aryl methyl sites for hydroxylation is 2. The Bertz CT molecular complexity index is 1050. The predicted molar refractivity (Wildman–Crippen MR) is 107 cm³/mol. The Morgan fingerprint density at radius 3 is 1.54 bits per heavy atom. The van der Waals surface area contributed by atoms with Gasteiger partial charge in [-0.25, -0.2) is 19.3 Å². The lowest BCUT2D eigenvalue weighted by Crippen LogP contribution is -2.11. The highest BCUT2D eigenvalue weighted by Gasteiger charge is 2.16. The molecule has 4 rings (SSSR count). The molecule has 0 atom stereocenters. The van der Waals surface area contributed by atoms with Gasteiger partial charge in [-0.1, -0.05) is 23.5 Å². The molecule has 0 unspecified atom stereocenters. The van der Waals surface area contributed by atoms with Crippen LogP contribution in [0.25, 0.3) is 22.1 Å². The Kier molecular flexibility index (Phi) is 5.22. The molecular formula is C16H18N8O2S2. The van der Waals surface area contributed by atoms with Gasteiger partial charge in [0, 0.05) is 0 Å². The number of fused-ring (bicyclic) bond motifs is 2. The van der Waals surface area contributed by atoms with Crippen molar-refractivity contribution in [3.63, 3.8) is 0 Å². The van der Waals surface area contributed by atoms with E-state index >= 15 is 0 Å². The second-order valence-corrected chi connectivity index (χ2v) is 7.20. The summed E-state index contributed by atoms with van der Waals surface area (Å²) >= 11 is 2.91. The van der Waals surface area contributed by atoms with Crippen molar-refractivity contribution in [1.29, 1.82) is 0 Å². The van der Waals surface area contributed by atoms with E-state index in [-0.39, 0.29) is 0 Å². The van der Waals surface area contributed by atoms with E-state index in [0.717, 1.165) is 22.1 Å². The maximum Gasteiger partial charge on any atom is 0.228 e. The van der Waals surface area contributed by atoms with Crippen LogP contribution in [0, 0.1) is 0 Å². The Morgan fingerprint density at radius 1 is 0.750 bits per heavy atom. The molecule has 0 bridgehead atoms. The fourth-order valence-electron chi connectivity index (χ4n) is 2.83. The zero-order valence-electron chi connectivity index (χ0n) is 15.8. The first-order chi connectivity index (χ1) is 13.7.